The van der Waals surface area contributed by atoms with Crippen molar-refractivity contribution in [3.8, 4) is 0 Å². The van der Waals surface area contributed by atoms with E-state index in [9.17, 15) is 10.1 Å². The molecule has 16 heavy (non-hydrogen) atoms. The van der Waals surface area contributed by atoms with Gasteiger partial charge in [-0.1, -0.05) is 0 Å². The Balaban J connectivity index is 3.16. The summed E-state index contributed by atoms with van der Waals surface area (Å²) in [5, 5.41) is 15.3. The van der Waals surface area contributed by atoms with E-state index in [1.807, 2.05) is 6.92 Å². The molecule has 0 amide bonds. The van der Waals surface area contributed by atoms with E-state index in [2.05, 4.69) is 20.7 Å². The van der Waals surface area contributed by atoms with Gasteiger partial charge in [0.25, 0.3) is 0 Å². The molecule has 1 aromatic rings. The molecule has 0 aliphatic rings. The van der Waals surface area contributed by atoms with E-state index in [4.69, 9.17) is 0 Å². The van der Waals surface area contributed by atoms with E-state index < -0.39 is 4.92 Å². The number of nitro groups is 1. The smallest absolute Gasteiger partial charge is 0.354 e. The SMILES string of the molecule is CCNc1ncnc(NN(C)C)c1[N+](=O)[O-]. The van der Waals surface area contributed by atoms with E-state index in [1.54, 1.807) is 19.1 Å². The van der Waals surface area contributed by atoms with Gasteiger partial charge in [-0.15, -0.1) is 0 Å². The molecule has 0 saturated carbocycles. The summed E-state index contributed by atoms with van der Waals surface area (Å²) >= 11 is 0. The molecule has 0 aliphatic heterocycles. The Morgan fingerprint density at radius 1 is 1.44 bits per heavy atom. The molecular weight excluding hydrogens is 212 g/mol. The molecule has 0 fully saturated rings. The zero-order chi connectivity index (χ0) is 12.1. The predicted octanol–water partition coefficient (Wildman–Crippen LogP) is 0.705. The molecule has 2 N–H and O–H groups in total. The highest BCUT2D eigenvalue weighted by Crippen LogP contribution is 2.28. The highest BCUT2D eigenvalue weighted by atomic mass is 16.6. The molecule has 8 heteroatoms. The van der Waals surface area contributed by atoms with Crippen molar-refractivity contribution in [1.82, 2.24) is 15.0 Å². The van der Waals surface area contributed by atoms with E-state index >= 15 is 0 Å². The minimum atomic E-state index is -0.510. The van der Waals surface area contributed by atoms with Crippen molar-refractivity contribution < 1.29 is 4.92 Å². The Labute approximate surface area is 92.8 Å². The molecule has 0 unspecified atom stereocenters. The standard InChI is InChI=1S/C8H14N6O2/c1-4-9-7-6(14(15)16)8(11-5-10-7)12-13(2)3/h5H,4H2,1-3H3,(H2,9,10,11,12). The first-order valence-corrected chi connectivity index (χ1v) is 4.73. The summed E-state index contributed by atoms with van der Waals surface area (Å²) < 4.78 is 0. The van der Waals surface area contributed by atoms with Crippen molar-refractivity contribution in [3.63, 3.8) is 0 Å². The van der Waals surface area contributed by atoms with Crippen LogP contribution in [-0.4, -0.2) is 40.5 Å². The number of nitrogens with zero attached hydrogens (tertiary/aromatic N) is 4. The lowest BCUT2D eigenvalue weighted by Crippen LogP contribution is -2.21. The number of rotatable bonds is 5. The van der Waals surface area contributed by atoms with Crippen LogP contribution in [0.3, 0.4) is 0 Å². The minimum absolute atomic E-state index is 0.155. The maximum Gasteiger partial charge on any atom is 0.354 e. The molecule has 0 radical (unpaired) electrons. The molecule has 1 heterocycles. The third-order valence-corrected chi connectivity index (χ3v) is 1.68. The summed E-state index contributed by atoms with van der Waals surface area (Å²) in [6.45, 7) is 2.39. The van der Waals surface area contributed by atoms with E-state index in [1.165, 1.54) is 6.33 Å². The highest BCUT2D eigenvalue weighted by molar-refractivity contribution is 5.68. The van der Waals surface area contributed by atoms with Gasteiger partial charge >= 0.3 is 5.69 Å². The monoisotopic (exact) mass is 226 g/mol. The van der Waals surface area contributed by atoms with Crippen LogP contribution in [0.5, 0.6) is 0 Å². The van der Waals surface area contributed by atoms with Gasteiger partial charge in [0.1, 0.15) is 6.33 Å². The van der Waals surface area contributed by atoms with Crippen LogP contribution in [-0.2, 0) is 0 Å². The predicted molar refractivity (Wildman–Crippen MR) is 60.2 cm³/mol. The van der Waals surface area contributed by atoms with Crippen LogP contribution >= 0.6 is 0 Å². The highest BCUT2D eigenvalue weighted by Gasteiger charge is 2.22. The lowest BCUT2D eigenvalue weighted by Gasteiger charge is -2.13. The Morgan fingerprint density at radius 2 is 2.06 bits per heavy atom. The van der Waals surface area contributed by atoms with Crippen LogP contribution in [0.15, 0.2) is 6.33 Å². The fraction of sp³-hybridized carbons (Fsp3) is 0.500. The second-order valence-corrected chi connectivity index (χ2v) is 3.21. The Kier molecular flexibility index (Phi) is 3.95. The second kappa shape index (κ2) is 5.21. The minimum Gasteiger partial charge on any atom is -0.364 e. The van der Waals surface area contributed by atoms with Crippen molar-refractivity contribution in [3.05, 3.63) is 16.4 Å². The Morgan fingerprint density at radius 3 is 2.56 bits per heavy atom. The molecule has 88 valence electrons. The Hall–Kier alpha value is -1.96. The number of aromatic nitrogens is 2. The second-order valence-electron chi connectivity index (χ2n) is 3.21. The number of hydrogen-bond acceptors (Lipinski definition) is 7. The van der Waals surface area contributed by atoms with Crippen LogP contribution in [0, 0.1) is 10.1 Å². The molecule has 0 aliphatic carbocycles. The Bertz CT molecular complexity index is 381. The average Bonchev–Trinajstić information content (AvgIpc) is 2.16. The summed E-state index contributed by atoms with van der Waals surface area (Å²) in [6.07, 6.45) is 1.27. The fourth-order valence-electron chi connectivity index (χ4n) is 1.14. The molecule has 0 aromatic carbocycles. The van der Waals surface area contributed by atoms with Crippen LogP contribution in [0.25, 0.3) is 0 Å². The first-order chi connectivity index (χ1) is 7.56. The zero-order valence-electron chi connectivity index (χ0n) is 9.39. The van der Waals surface area contributed by atoms with Gasteiger partial charge in [0.15, 0.2) is 0 Å². The third kappa shape index (κ3) is 2.76. The van der Waals surface area contributed by atoms with Crippen molar-refractivity contribution in [1.29, 1.82) is 0 Å². The van der Waals surface area contributed by atoms with E-state index in [0.717, 1.165) is 0 Å². The first-order valence-electron chi connectivity index (χ1n) is 4.73. The lowest BCUT2D eigenvalue weighted by molar-refractivity contribution is -0.383. The van der Waals surface area contributed by atoms with Crippen molar-refractivity contribution in [2.24, 2.45) is 0 Å². The number of anilines is 2. The first kappa shape index (κ1) is 12.1. The maximum atomic E-state index is 10.9. The van der Waals surface area contributed by atoms with Crippen molar-refractivity contribution in [2.75, 3.05) is 31.4 Å². The lowest BCUT2D eigenvalue weighted by atomic mass is 10.4. The summed E-state index contributed by atoms with van der Waals surface area (Å²) in [5.41, 5.74) is 2.60. The van der Waals surface area contributed by atoms with Crippen LogP contribution in [0.1, 0.15) is 6.92 Å². The normalized spacial score (nSPS) is 10.2. The summed E-state index contributed by atoms with van der Waals surface area (Å²) in [4.78, 5) is 18.1. The third-order valence-electron chi connectivity index (χ3n) is 1.68. The van der Waals surface area contributed by atoms with Gasteiger partial charge in [-0.05, 0) is 6.92 Å². The van der Waals surface area contributed by atoms with Gasteiger partial charge in [0.2, 0.25) is 11.6 Å². The average molecular weight is 226 g/mol. The summed E-state index contributed by atoms with van der Waals surface area (Å²) in [5.74, 6) is 0.382. The van der Waals surface area contributed by atoms with Gasteiger partial charge in [-0.25, -0.2) is 15.0 Å². The maximum absolute atomic E-state index is 10.9. The number of hydrogen-bond donors (Lipinski definition) is 2. The summed E-state index contributed by atoms with van der Waals surface area (Å²) in [6, 6.07) is 0. The molecule has 0 saturated heterocycles. The molecule has 1 aromatic heterocycles. The summed E-state index contributed by atoms with van der Waals surface area (Å²) in [7, 11) is 3.44. The van der Waals surface area contributed by atoms with Gasteiger partial charge in [0, 0.05) is 20.6 Å². The molecule has 0 spiro atoms. The number of hydrazine groups is 1. The fourth-order valence-corrected chi connectivity index (χ4v) is 1.14. The van der Waals surface area contributed by atoms with Crippen LogP contribution in [0.4, 0.5) is 17.3 Å². The van der Waals surface area contributed by atoms with Gasteiger partial charge < -0.3 is 5.32 Å². The molecule has 0 bridgehead atoms. The van der Waals surface area contributed by atoms with Gasteiger partial charge in [0.05, 0.1) is 4.92 Å². The molecular formula is C8H14N6O2. The quantitative estimate of drug-likeness (QED) is 0.563. The van der Waals surface area contributed by atoms with Gasteiger partial charge in [-0.2, -0.15) is 0 Å². The van der Waals surface area contributed by atoms with E-state index in [-0.39, 0.29) is 17.3 Å². The van der Waals surface area contributed by atoms with Crippen molar-refractivity contribution >= 4 is 17.3 Å². The molecule has 1 rings (SSSR count). The van der Waals surface area contributed by atoms with E-state index in [0.29, 0.717) is 6.54 Å². The van der Waals surface area contributed by atoms with Crippen LogP contribution < -0.4 is 10.7 Å². The van der Waals surface area contributed by atoms with Gasteiger partial charge in [-0.3, -0.25) is 15.5 Å². The largest absolute Gasteiger partial charge is 0.364 e. The van der Waals surface area contributed by atoms with Crippen LogP contribution in [0.2, 0.25) is 0 Å². The van der Waals surface area contributed by atoms with Crippen molar-refractivity contribution in [2.45, 2.75) is 6.92 Å². The number of nitrogens with one attached hydrogen (secondary N) is 2. The molecule has 8 nitrogen and oxygen atoms in total. The molecule has 0 atom stereocenters. The zero-order valence-corrected chi connectivity index (χ0v) is 9.39. The topological polar surface area (TPSA) is 96.2 Å².